The molecule has 0 aliphatic heterocycles. The molecule has 1 rings (SSSR count). The van der Waals surface area contributed by atoms with Crippen LogP contribution in [0.25, 0.3) is 0 Å². The van der Waals surface area contributed by atoms with E-state index in [-0.39, 0.29) is 0 Å². The molecule has 1 amide bonds. The first kappa shape index (κ1) is 14.2. The Bertz CT molecular complexity index is 453. The number of amides is 1. The van der Waals surface area contributed by atoms with Crippen LogP contribution in [0.5, 0.6) is 0 Å². The van der Waals surface area contributed by atoms with E-state index in [0.717, 1.165) is 0 Å². The Labute approximate surface area is 106 Å². The molecule has 5 nitrogen and oxygen atoms in total. The summed E-state index contributed by atoms with van der Waals surface area (Å²) in [5, 5.41) is 11.9. The van der Waals surface area contributed by atoms with E-state index in [1.165, 1.54) is 0 Å². The second kappa shape index (κ2) is 5.62. The van der Waals surface area contributed by atoms with Crippen LogP contribution in [0.1, 0.15) is 42.7 Å². The van der Waals surface area contributed by atoms with Crippen molar-refractivity contribution in [3.63, 3.8) is 0 Å². The SMILES string of the molecule is CCC(CC)(NC(=O)c1cccnc1C)C(=O)O. The smallest absolute Gasteiger partial charge is 0.329 e. The molecule has 0 saturated carbocycles. The fourth-order valence-corrected chi connectivity index (χ4v) is 1.79. The summed E-state index contributed by atoms with van der Waals surface area (Å²) in [5.41, 5.74) is -0.217. The summed E-state index contributed by atoms with van der Waals surface area (Å²) in [6.07, 6.45) is 2.27. The van der Waals surface area contributed by atoms with Crippen molar-refractivity contribution in [1.82, 2.24) is 10.3 Å². The number of carboxylic acid groups (broad SMARTS) is 1. The highest BCUT2D eigenvalue weighted by Gasteiger charge is 2.36. The molecule has 1 heterocycles. The number of carboxylic acids is 1. The summed E-state index contributed by atoms with van der Waals surface area (Å²) in [6.45, 7) is 5.21. The Balaban J connectivity index is 3.00. The summed E-state index contributed by atoms with van der Waals surface area (Å²) >= 11 is 0. The Hall–Kier alpha value is -1.91. The van der Waals surface area contributed by atoms with Crippen molar-refractivity contribution in [3.05, 3.63) is 29.6 Å². The van der Waals surface area contributed by atoms with Gasteiger partial charge in [0.05, 0.1) is 5.56 Å². The summed E-state index contributed by atoms with van der Waals surface area (Å²) in [5.74, 6) is -1.41. The quantitative estimate of drug-likeness (QED) is 0.834. The van der Waals surface area contributed by atoms with Gasteiger partial charge in [0, 0.05) is 11.9 Å². The molecule has 1 aromatic heterocycles. The number of pyridine rings is 1. The van der Waals surface area contributed by atoms with Crippen LogP contribution in [-0.4, -0.2) is 27.5 Å². The second-order valence-electron chi connectivity index (χ2n) is 4.18. The van der Waals surface area contributed by atoms with Crippen molar-refractivity contribution in [2.45, 2.75) is 39.2 Å². The summed E-state index contributed by atoms with van der Waals surface area (Å²) in [4.78, 5) is 27.4. The normalized spacial score (nSPS) is 11.1. The minimum Gasteiger partial charge on any atom is -0.480 e. The molecule has 18 heavy (non-hydrogen) atoms. The van der Waals surface area contributed by atoms with Crippen molar-refractivity contribution in [1.29, 1.82) is 0 Å². The zero-order chi connectivity index (χ0) is 13.8. The molecule has 0 bridgehead atoms. The molecule has 1 aromatic rings. The lowest BCUT2D eigenvalue weighted by atomic mass is 9.92. The highest BCUT2D eigenvalue weighted by Crippen LogP contribution is 2.17. The third-order valence-electron chi connectivity index (χ3n) is 3.22. The Morgan fingerprint density at radius 3 is 2.44 bits per heavy atom. The third kappa shape index (κ3) is 2.67. The van der Waals surface area contributed by atoms with Gasteiger partial charge < -0.3 is 10.4 Å². The molecule has 0 aromatic carbocycles. The van der Waals surface area contributed by atoms with E-state index < -0.39 is 17.4 Å². The Morgan fingerprint density at radius 1 is 1.39 bits per heavy atom. The van der Waals surface area contributed by atoms with Crippen molar-refractivity contribution in [2.75, 3.05) is 0 Å². The van der Waals surface area contributed by atoms with Gasteiger partial charge in [-0.25, -0.2) is 4.79 Å². The van der Waals surface area contributed by atoms with Crippen LogP contribution >= 0.6 is 0 Å². The lowest BCUT2D eigenvalue weighted by Crippen LogP contribution is -2.53. The highest BCUT2D eigenvalue weighted by molar-refractivity contribution is 5.98. The fraction of sp³-hybridized carbons (Fsp3) is 0.462. The average Bonchev–Trinajstić information content (AvgIpc) is 2.36. The van der Waals surface area contributed by atoms with E-state index in [1.54, 1.807) is 39.1 Å². The van der Waals surface area contributed by atoms with Crippen molar-refractivity contribution >= 4 is 11.9 Å². The predicted molar refractivity (Wildman–Crippen MR) is 67.4 cm³/mol. The number of rotatable bonds is 5. The van der Waals surface area contributed by atoms with Gasteiger partial charge >= 0.3 is 5.97 Å². The van der Waals surface area contributed by atoms with Crippen molar-refractivity contribution in [2.24, 2.45) is 0 Å². The van der Waals surface area contributed by atoms with E-state index in [2.05, 4.69) is 10.3 Å². The molecule has 0 fully saturated rings. The number of carbonyl (C=O) groups is 2. The van der Waals surface area contributed by atoms with E-state index in [1.807, 2.05) is 0 Å². The lowest BCUT2D eigenvalue weighted by Gasteiger charge is -2.28. The van der Waals surface area contributed by atoms with Crippen molar-refractivity contribution < 1.29 is 14.7 Å². The van der Waals surface area contributed by atoms with Crippen LogP contribution in [-0.2, 0) is 4.79 Å². The molecular weight excluding hydrogens is 232 g/mol. The molecule has 2 N–H and O–H groups in total. The minimum atomic E-state index is -1.21. The molecular formula is C13H18N2O3. The van der Waals surface area contributed by atoms with Gasteiger partial charge in [-0.3, -0.25) is 9.78 Å². The van der Waals surface area contributed by atoms with Gasteiger partial charge in [0.25, 0.3) is 5.91 Å². The number of hydrogen-bond donors (Lipinski definition) is 2. The van der Waals surface area contributed by atoms with Crippen LogP contribution < -0.4 is 5.32 Å². The van der Waals surface area contributed by atoms with E-state index in [9.17, 15) is 14.7 Å². The molecule has 0 aliphatic carbocycles. The largest absolute Gasteiger partial charge is 0.480 e. The molecule has 0 saturated heterocycles. The zero-order valence-electron chi connectivity index (χ0n) is 10.9. The standard InChI is InChI=1S/C13H18N2O3/c1-4-13(5-2,12(17)18)15-11(16)10-7-6-8-14-9(10)3/h6-8H,4-5H2,1-3H3,(H,15,16)(H,17,18). The maximum Gasteiger partial charge on any atom is 0.329 e. The summed E-state index contributed by atoms with van der Waals surface area (Å²) in [7, 11) is 0. The molecule has 0 unspecified atom stereocenters. The monoisotopic (exact) mass is 250 g/mol. The maximum absolute atomic E-state index is 12.1. The van der Waals surface area contributed by atoms with Crippen LogP contribution in [0.15, 0.2) is 18.3 Å². The van der Waals surface area contributed by atoms with Gasteiger partial charge in [-0.05, 0) is 31.9 Å². The Morgan fingerprint density at radius 2 is 2.00 bits per heavy atom. The van der Waals surface area contributed by atoms with Crippen LogP contribution in [0.2, 0.25) is 0 Å². The average molecular weight is 250 g/mol. The van der Waals surface area contributed by atoms with Gasteiger partial charge in [0.15, 0.2) is 0 Å². The highest BCUT2D eigenvalue weighted by atomic mass is 16.4. The molecule has 0 atom stereocenters. The lowest BCUT2D eigenvalue weighted by molar-refractivity contribution is -0.144. The maximum atomic E-state index is 12.1. The molecule has 5 heteroatoms. The van der Waals surface area contributed by atoms with E-state index >= 15 is 0 Å². The predicted octanol–water partition coefficient (Wildman–Crippen LogP) is 1.76. The molecule has 98 valence electrons. The number of aryl methyl sites for hydroxylation is 1. The molecule has 0 aliphatic rings. The number of carbonyl (C=O) groups excluding carboxylic acids is 1. The molecule has 0 spiro atoms. The number of aliphatic carboxylic acids is 1. The number of hydrogen-bond acceptors (Lipinski definition) is 3. The first-order valence-electron chi connectivity index (χ1n) is 5.94. The number of nitrogens with one attached hydrogen (secondary N) is 1. The van der Waals surface area contributed by atoms with Gasteiger partial charge in [0.1, 0.15) is 5.54 Å². The van der Waals surface area contributed by atoms with E-state index in [4.69, 9.17) is 0 Å². The van der Waals surface area contributed by atoms with E-state index in [0.29, 0.717) is 24.1 Å². The number of nitrogens with zero attached hydrogens (tertiary/aromatic N) is 1. The van der Waals surface area contributed by atoms with Gasteiger partial charge in [-0.1, -0.05) is 13.8 Å². The number of aromatic nitrogens is 1. The van der Waals surface area contributed by atoms with Crippen molar-refractivity contribution in [3.8, 4) is 0 Å². The van der Waals surface area contributed by atoms with Crippen LogP contribution in [0.3, 0.4) is 0 Å². The first-order valence-corrected chi connectivity index (χ1v) is 5.94. The van der Waals surface area contributed by atoms with Gasteiger partial charge in [-0.15, -0.1) is 0 Å². The van der Waals surface area contributed by atoms with Crippen LogP contribution in [0.4, 0.5) is 0 Å². The third-order valence-corrected chi connectivity index (χ3v) is 3.22. The topological polar surface area (TPSA) is 79.3 Å². The Kier molecular flexibility index (Phi) is 4.42. The first-order chi connectivity index (χ1) is 8.46. The van der Waals surface area contributed by atoms with Gasteiger partial charge in [0.2, 0.25) is 0 Å². The van der Waals surface area contributed by atoms with Crippen LogP contribution in [0, 0.1) is 6.92 Å². The minimum absolute atomic E-state index is 0.337. The zero-order valence-corrected chi connectivity index (χ0v) is 10.9. The summed E-state index contributed by atoms with van der Waals surface area (Å²) in [6, 6.07) is 3.29. The second-order valence-corrected chi connectivity index (χ2v) is 4.18. The molecule has 0 radical (unpaired) electrons. The fourth-order valence-electron chi connectivity index (χ4n) is 1.79. The van der Waals surface area contributed by atoms with Gasteiger partial charge in [-0.2, -0.15) is 0 Å². The summed E-state index contributed by atoms with van der Waals surface area (Å²) < 4.78 is 0.